The lowest BCUT2D eigenvalue weighted by Gasteiger charge is -2.25. The molecule has 0 bridgehead atoms. The third-order valence-electron chi connectivity index (χ3n) is 4.29. The predicted molar refractivity (Wildman–Crippen MR) is 89.3 cm³/mol. The monoisotopic (exact) mass is 332 g/mol. The Morgan fingerprint density at radius 2 is 2.08 bits per heavy atom. The molecule has 1 N–H and O–H groups in total. The number of aryl methyl sites for hydroxylation is 1. The number of aliphatic hydroxyl groups excluding tert-OH is 1. The molecule has 0 radical (unpaired) electrons. The zero-order valence-corrected chi connectivity index (χ0v) is 14.1. The molecule has 0 spiro atoms. The van der Waals surface area contributed by atoms with E-state index >= 15 is 0 Å². The van der Waals surface area contributed by atoms with Crippen LogP contribution in [0, 0.1) is 6.92 Å². The summed E-state index contributed by atoms with van der Waals surface area (Å²) in [5, 5.41) is 14.3. The predicted octanol–water partition coefficient (Wildman–Crippen LogP) is 2.57. The average Bonchev–Trinajstić information content (AvgIpc) is 3.22. The molecular formula is C18H24N2O4. The van der Waals surface area contributed by atoms with Gasteiger partial charge in [-0.15, -0.1) is 0 Å². The quantitative estimate of drug-likeness (QED) is 0.840. The fraction of sp³-hybridized carbons (Fsp3) is 0.500. The van der Waals surface area contributed by atoms with E-state index in [1.165, 1.54) is 0 Å². The van der Waals surface area contributed by atoms with Crippen LogP contribution in [-0.2, 0) is 0 Å². The summed E-state index contributed by atoms with van der Waals surface area (Å²) in [6.45, 7) is 3.68. The van der Waals surface area contributed by atoms with Gasteiger partial charge in [0.15, 0.2) is 5.76 Å². The molecular weight excluding hydrogens is 308 g/mol. The molecule has 3 rings (SSSR count). The minimum absolute atomic E-state index is 0.196. The number of β-amino-alcohol motifs (C(OH)–C–C–N with tert-alkyl or cyclic N) is 1. The first-order valence-corrected chi connectivity index (χ1v) is 8.28. The number of aromatic nitrogens is 1. The van der Waals surface area contributed by atoms with Gasteiger partial charge in [-0.1, -0.05) is 5.16 Å². The minimum atomic E-state index is -0.559. The second-order valence-corrected chi connectivity index (χ2v) is 6.16. The summed E-state index contributed by atoms with van der Waals surface area (Å²) in [5.41, 5.74) is 0.889. The van der Waals surface area contributed by atoms with Crippen LogP contribution in [0.4, 0.5) is 0 Å². The fourth-order valence-corrected chi connectivity index (χ4v) is 3.09. The number of aliphatic hydroxyl groups is 1. The second-order valence-electron chi connectivity index (χ2n) is 6.16. The van der Waals surface area contributed by atoms with E-state index in [2.05, 4.69) is 10.1 Å². The molecule has 1 saturated heterocycles. The number of likely N-dealkylation sites (tertiary alicyclic amines) is 1. The third kappa shape index (κ3) is 4.07. The fourth-order valence-electron chi connectivity index (χ4n) is 3.09. The Bertz CT molecular complexity index is 641. The normalized spacial score (nSPS) is 19.4. The van der Waals surface area contributed by atoms with Crippen molar-refractivity contribution >= 4 is 0 Å². The first kappa shape index (κ1) is 16.8. The van der Waals surface area contributed by atoms with Crippen LogP contribution in [-0.4, -0.2) is 48.1 Å². The standard InChI is InChI=1S/C18H24N2O4/c1-13-10-18(24-19-13)17-4-3-9-20(17)11-14(21)12-23-16-7-5-15(22-2)6-8-16/h5-8,10,14,17,21H,3-4,9,11-12H2,1-2H3/t14-,17+/m1/s1. The first-order valence-electron chi connectivity index (χ1n) is 8.28. The lowest BCUT2D eigenvalue weighted by Crippen LogP contribution is -2.35. The smallest absolute Gasteiger partial charge is 0.154 e. The van der Waals surface area contributed by atoms with Gasteiger partial charge < -0.3 is 19.1 Å². The van der Waals surface area contributed by atoms with E-state index in [0.29, 0.717) is 6.54 Å². The van der Waals surface area contributed by atoms with E-state index in [1.807, 2.05) is 37.3 Å². The molecule has 1 aliphatic heterocycles. The summed E-state index contributed by atoms with van der Waals surface area (Å²) >= 11 is 0. The number of benzene rings is 1. The SMILES string of the molecule is COc1ccc(OC[C@H](O)CN2CCC[C@H]2c2cc(C)no2)cc1. The molecule has 0 amide bonds. The maximum atomic E-state index is 10.3. The summed E-state index contributed by atoms with van der Waals surface area (Å²) in [6.07, 6.45) is 1.56. The van der Waals surface area contributed by atoms with Crippen molar-refractivity contribution < 1.29 is 19.1 Å². The molecule has 1 aromatic carbocycles. The van der Waals surface area contributed by atoms with Crippen LogP contribution in [0.3, 0.4) is 0 Å². The first-order chi connectivity index (χ1) is 11.7. The Hall–Kier alpha value is -2.05. The topological polar surface area (TPSA) is 68.0 Å². The molecule has 6 nitrogen and oxygen atoms in total. The summed E-state index contributed by atoms with van der Waals surface area (Å²) in [6, 6.07) is 9.52. The van der Waals surface area contributed by atoms with Crippen molar-refractivity contribution in [3.05, 3.63) is 41.8 Å². The van der Waals surface area contributed by atoms with E-state index in [0.717, 1.165) is 42.3 Å². The van der Waals surface area contributed by atoms with E-state index in [1.54, 1.807) is 7.11 Å². The van der Waals surface area contributed by atoms with E-state index in [9.17, 15) is 5.11 Å². The molecule has 1 fully saturated rings. The number of ether oxygens (including phenoxy) is 2. The number of hydrogen-bond donors (Lipinski definition) is 1. The Morgan fingerprint density at radius 3 is 2.75 bits per heavy atom. The largest absolute Gasteiger partial charge is 0.497 e. The van der Waals surface area contributed by atoms with Crippen LogP contribution in [0.5, 0.6) is 11.5 Å². The summed E-state index contributed by atoms with van der Waals surface area (Å²) < 4.78 is 16.2. The highest BCUT2D eigenvalue weighted by molar-refractivity contribution is 5.31. The van der Waals surface area contributed by atoms with Crippen molar-refractivity contribution in [2.45, 2.75) is 31.9 Å². The van der Waals surface area contributed by atoms with E-state index < -0.39 is 6.10 Å². The van der Waals surface area contributed by atoms with Crippen molar-refractivity contribution in [1.82, 2.24) is 10.1 Å². The van der Waals surface area contributed by atoms with Crippen LogP contribution >= 0.6 is 0 Å². The zero-order chi connectivity index (χ0) is 16.9. The third-order valence-corrected chi connectivity index (χ3v) is 4.29. The van der Waals surface area contributed by atoms with Crippen molar-refractivity contribution in [3.63, 3.8) is 0 Å². The van der Waals surface area contributed by atoms with Gasteiger partial charge in [-0.05, 0) is 50.6 Å². The van der Waals surface area contributed by atoms with Crippen molar-refractivity contribution in [1.29, 1.82) is 0 Å². The maximum absolute atomic E-state index is 10.3. The summed E-state index contributed by atoms with van der Waals surface area (Å²) in [4.78, 5) is 2.24. The second kappa shape index (κ2) is 7.68. The van der Waals surface area contributed by atoms with Crippen molar-refractivity contribution in [2.75, 3.05) is 26.8 Å². The van der Waals surface area contributed by atoms with E-state index in [-0.39, 0.29) is 12.6 Å². The van der Waals surface area contributed by atoms with Gasteiger partial charge in [0.25, 0.3) is 0 Å². The molecule has 0 aliphatic carbocycles. The summed E-state index contributed by atoms with van der Waals surface area (Å²) in [7, 11) is 1.63. The van der Waals surface area contributed by atoms with Gasteiger partial charge in [0.2, 0.25) is 0 Å². The van der Waals surface area contributed by atoms with Crippen molar-refractivity contribution in [2.24, 2.45) is 0 Å². The molecule has 130 valence electrons. The lowest BCUT2D eigenvalue weighted by molar-refractivity contribution is 0.0598. The Labute approximate surface area is 142 Å². The maximum Gasteiger partial charge on any atom is 0.154 e. The molecule has 0 unspecified atom stereocenters. The molecule has 1 aliphatic rings. The van der Waals surface area contributed by atoms with Gasteiger partial charge in [-0.3, -0.25) is 4.90 Å². The van der Waals surface area contributed by atoms with Crippen LogP contribution in [0.25, 0.3) is 0 Å². The Balaban J connectivity index is 1.51. The highest BCUT2D eigenvalue weighted by Gasteiger charge is 2.30. The average molecular weight is 332 g/mol. The molecule has 2 heterocycles. The number of hydrogen-bond acceptors (Lipinski definition) is 6. The van der Waals surface area contributed by atoms with Gasteiger partial charge in [0.05, 0.1) is 18.8 Å². The van der Waals surface area contributed by atoms with E-state index in [4.69, 9.17) is 14.0 Å². The highest BCUT2D eigenvalue weighted by Crippen LogP contribution is 2.32. The molecule has 6 heteroatoms. The number of methoxy groups -OCH3 is 1. The van der Waals surface area contributed by atoms with Crippen LogP contribution in [0.2, 0.25) is 0 Å². The Morgan fingerprint density at radius 1 is 1.33 bits per heavy atom. The van der Waals surface area contributed by atoms with Crippen LogP contribution in [0.15, 0.2) is 34.9 Å². The number of rotatable bonds is 7. The number of nitrogens with zero attached hydrogens (tertiary/aromatic N) is 2. The van der Waals surface area contributed by atoms with Crippen molar-refractivity contribution in [3.8, 4) is 11.5 Å². The highest BCUT2D eigenvalue weighted by atomic mass is 16.5. The molecule has 1 aromatic heterocycles. The van der Waals surface area contributed by atoms with Gasteiger partial charge in [0.1, 0.15) is 24.2 Å². The molecule has 2 atom stereocenters. The minimum Gasteiger partial charge on any atom is -0.497 e. The molecule has 2 aromatic rings. The van der Waals surface area contributed by atoms with Gasteiger partial charge in [-0.25, -0.2) is 0 Å². The zero-order valence-electron chi connectivity index (χ0n) is 14.1. The molecule has 24 heavy (non-hydrogen) atoms. The summed E-state index contributed by atoms with van der Waals surface area (Å²) in [5.74, 6) is 2.39. The van der Waals surface area contributed by atoms with Crippen LogP contribution in [0.1, 0.15) is 30.3 Å². The van der Waals surface area contributed by atoms with Gasteiger partial charge in [-0.2, -0.15) is 0 Å². The van der Waals surface area contributed by atoms with Crippen LogP contribution < -0.4 is 9.47 Å². The van der Waals surface area contributed by atoms with Gasteiger partial charge >= 0.3 is 0 Å². The Kier molecular flexibility index (Phi) is 5.37. The molecule has 0 saturated carbocycles. The lowest BCUT2D eigenvalue weighted by atomic mass is 10.1. The van der Waals surface area contributed by atoms with Gasteiger partial charge in [0, 0.05) is 12.6 Å².